The third-order valence-corrected chi connectivity index (χ3v) is 3.43. The van der Waals surface area contributed by atoms with Gasteiger partial charge in [-0.25, -0.2) is 0 Å². The summed E-state index contributed by atoms with van der Waals surface area (Å²) >= 11 is 3.52. The molecule has 0 bridgehead atoms. The van der Waals surface area contributed by atoms with Gasteiger partial charge in [0.25, 0.3) is 0 Å². The molecule has 3 N–H and O–H groups in total. The Morgan fingerprint density at radius 2 is 2.16 bits per heavy atom. The van der Waals surface area contributed by atoms with Gasteiger partial charge in [0.15, 0.2) is 0 Å². The molecule has 5 heteroatoms. The van der Waals surface area contributed by atoms with Crippen LogP contribution < -0.4 is 10.6 Å². The lowest BCUT2D eigenvalue weighted by molar-refractivity contribution is 0.882. The van der Waals surface area contributed by atoms with Crippen molar-refractivity contribution in [2.75, 3.05) is 11.9 Å². The van der Waals surface area contributed by atoms with Gasteiger partial charge in [-0.3, -0.25) is 10.4 Å². The number of benzene rings is 1. The Hall–Kier alpha value is -1.88. The monoisotopic (exact) mass is 318 g/mol. The van der Waals surface area contributed by atoms with E-state index in [-0.39, 0.29) is 5.84 Å². The van der Waals surface area contributed by atoms with Gasteiger partial charge in [0.1, 0.15) is 5.84 Å². The molecule has 4 nitrogen and oxygen atoms in total. The van der Waals surface area contributed by atoms with Crippen molar-refractivity contribution in [2.45, 2.75) is 6.54 Å². The molecule has 0 fully saturated rings. The van der Waals surface area contributed by atoms with Gasteiger partial charge in [-0.1, -0.05) is 6.07 Å². The number of nitrogens with zero attached hydrogens (tertiary/aromatic N) is 2. The molecule has 0 unspecified atom stereocenters. The summed E-state index contributed by atoms with van der Waals surface area (Å²) in [4.78, 5) is 6.40. The second-order valence-corrected chi connectivity index (χ2v) is 5.11. The molecule has 0 aliphatic heterocycles. The molecule has 98 valence electrons. The molecule has 0 spiro atoms. The lowest BCUT2D eigenvalue weighted by Crippen LogP contribution is -2.18. The van der Waals surface area contributed by atoms with E-state index in [1.807, 2.05) is 43.4 Å². The molecule has 0 aliphatic rings. The number of aromatic nitrogens is 1. The van der Waals surface area contributed by atoms with Crippen LogP contribution >= 0.6 is 15.9 Å². The van der Waals surface area contributed by atoms with Gasteiger partial charge in [-0.05, 0) is 46.3 Å². The third-order valence-electron chi connectivity index (χ3n) is 2.80. The largest absolute Gasteiger partial charge is 0.384 e. The van der Waals surface area contributed by atoms with Crippen LogP contribution in [0.5, 0.6) is 0 Å². The summed E-state index contributed by atoms with van der Waals surface area (Å²) in [5.41, 5.74) is 8.23. The Morgan fingerprint density at radius 1 is 1.37 bits per heavy atom. The number of nitrogens with one attached hydrogen (secondary N) is 1. The molecule has 0 radical (unpaired) electrons. The second-order valence-electron chi connectivity index (χ2n) is 4.26. The Balaban J connectivity index is 2.20. The quantitative estimate of drug-likeness (QED) is 0.673. The number of anilines is 1. The Labute approximate surface area is 120 Å². The van der Waals surface area contributed by atoms with E-state index in [9.17, 15) is 0 Å². The van der Waals surface area contributed by atoms with Crippen molar-refractivity contribution in [2.24, 2.45) is 5.73 Å². The zero-order valence-electron chi connectivity index (χ0n) is 10.6. The maximum Gasteiger partial charge on any atom is 0.122 e. The van der Waals surface area contributed by atoms with Crippen LogP contribution in [0.25, 0.3) is 0 Å². The first-order valence-corrected chi connectivity index (χ1v) is 6.62. The Kier molecular flexibility index (Phi) is 4.16. The number of rotatable bonds is 4. The van der Waals surface area contributed by atoms with Crippen molar-refractivity contribution < 1.29 is 0 Å². The molecule has 0 aliphatic carbocycles. The minimum absolute atomic E-state index is 0.0691. The normalized spacial score (nSPS) is 10.2. The van der Waals surface area contributed by atoms with Crippen molar-refractivity contribution >= 4 is 27.5 Å². The fourth-order valence-corrected chi connectivity index (χ4v) is 2.49. The van der Waals surface area contributed by atoms with Crippen molar-refractivity contribution in [1.82, 2.24) is 4.98 Å². The molecular weight excluding hydrogens is 304 g/mol. The SMILES string of the molecule is CN(Cc1ccccn1)c1ccc(C(=N)N)cc1Br. The molecule has 1 aromatic heterocycles. The minimum Gasteiger partial charge on any atom is -0.384 e. The van der Waals surface area contributed by atoms with Gasteiger partial charge in [0.2, 0.25) is 0 Å². The van der Waals surface area contributed by atoms with Crippen LogP contribution in [0.1, 0.15) is 11.3 Å². The molecule has 19 heavy (non-hydrogen) atoms. The second kappa shape index (κ2) is 5.84. The van der Waals surface area contributed by atoms with E-state index in [0.29, 0.717) is 5.56 Å². The van der Waals surface area contributed by atoms with E-state index in [4.69, 9.17) is 11.1 Å². The zero-order chi connectivity index (χ0) is 13.8. The summed E-state index contributed by atoms with van der Waals surface area (Å²) in [6.45, 7) is 0.721. The van der Waals surface area contributed by atoms with Crippen LogP contribution in [-0.4, -0.2) is 17.9 Å². The highest BCUT2D eigenvalue weighted by atomic mass is 79.9. The molecule has 0 amide bonds. The van der Waals surface area contributed by atoms with Crippen LogP contribution in [0.4, 0.5) is 5.69 Å². The standard InChI is InChI=1S/C14H15BrN4/c1-19(9-11-4-2-3-7-18-11)13-6-5-10(14(16)17)8-12(13)15/h2-8H,9H2,1H3,(H3,16,17). The number of pyridine rings is 1. The number of hydrogen-bond acceptors (Lipinski definition) is 3. The number of halogens is 1. The number of hydrogen-bond donors (Lipinski definition) is 2. The van der Waals surface area contributed by atoms with Crippen molar-refractivity contribution in [3.8, 4) is 0 Å². The van der Waals surface area contributed by atoms with Crippen LogP contribution in [0.15, 0.2) is 47.1 Å². The summed E-state index contributed by atoms with van der Waals surface area (Å²) in [6.07, 6.45) is 1.79. The smallest absolute Gasteiger partial charge is 0.122 e. The lowest BCUT2D eigenvalue weighted by Gasteiger charge is -2.20. The maximum atomic E-state index is 7.42. The van der Waals surface area contributed by atoms with E-state index in [2.05, 4.69) is 25.8 Å². The number of nitrogen functional groups attached to an aromatic ring is 1. The van der Waals surface area contributed by atoms with Crippen LogP contribution in [0.3, 0.4) is 0 Å². The molecule has 0 atom stereocenters. The Bertz CT molecular complexity index is 583. The highest BCUT2D eigenvalue weighted by molar-refractivity contribution is 9.10. The predicted octanol–water partition coefficient (Wildman–Crippen LogP) is 2.76. The molecule has 0 saturated carbocycles. The maximum absolute atomic E-state index is 7.42. The average Bonchev–Trinajstić information content (AvgIpc) is 2.39. The van der Waals surface area contributed by atoms with Crippen molar-refractivity contribution in [1.29, 1.82) is 5.41 Å². The first-order chi connectivity index (χ1) is 9.08. The van der Waals surface area contributed by atoms with Crippen molar-refractivity contribution in [3.05, 3.63) is 58.3 Å². The fraction of sp³-hybridized carbons (Fsp3) is 0.143. The molecule has 2 aromatic rings. The molecule has 1 aromatic carbocycles. The van der Waals surface area contributed by atoms with Crippen molar-refractivity contribution in [3.63, 3.8) is 0 Å². The minimum atomic E-state index is 0.0691. The van der Waals surface area contributed by atoms with Gasteiger partial charge in [0.05, 0.1) is 17.9 Å². The van der Waals surface area contributed by atoms with E-state index in [0.717, 1.165) is 22.4 Å². The summed E-state index contributed by atoms with van der Waals surface area (Å²) in [5.74, 6) is 0.0691. The van der Waals surface area contributed by atoms with Crippen LogP contribution in [0.2, 0.25) is 0 Å². The van der Waals surface area contributed by atoms with Crippen LogP contribution in [-0.2, 0) is 6.54 Å². The Morgan fingerprint density at radius 3 is 2.74 bits per heavy atom. The predicted molar refractivity (Wildman–Crippen MR) is 81.5 cm³/mol. The van der Waals surface area contributed by atoms with E-state index >= 15 is 0 Å². The summed E-state index contributed by atoms with van der Waals surface area (Å²) in [6, 6.07) is 11.5. The third kappa shape index (κ3) is 3.32. The van der Waals surface area contributed by atoms with Crippen LogP contribution in [0, 0.1) is 5.41 Å². The van der Waals surface area contributed by atoms with Gasteiger partial charge in [-0.15, -0.1) is 0 Å². The first-order valence-electron chi connectivity index (χ1n) is 5.83. The topological polar surface area (TPSA) is 66.0 Å². The molecule has 1 heterocycles. The fourth-order valence-electron chi connectivity index (χ4n) is 1.80. The van der Waals surface area contributed by atoms with E-state index < -0.39 is 0 Å². The number of amidine groups is 1. The number of nitrogens with two attached hydrogens (primary N) is 1. The van der Waals surface area contributed by atoms with Gasteiger partial charge in [0, 0.05) is 23.3 Å². The summed E-state index contributed by atoms with van der Waals surface area (Å²) in [5, 5.41) is 7.42. The highest BCUT2D eigenvalue weighted by Gasteiger charge is 2.08. The lowest BCUT2D eigenvalue weighted by atomic mass is 10.2. The van der Waals surface area contributed by atoms with Gasteiger partial charge < -0.3 is 10.6 Å². The highest BCUT2D eigenvalue weighted by Crippen LogP contribution is 2.27. The summed E-state index contributed by atoms with van der Waals surface area (Å²) < 4.78 is 0.915. The van der Waals surface area contributed by atoms with E-state index in [1.54, 1.807) is 6.20 Å². The summed E-state index contributed by atoms with van der Waals surface area (Å²) in [7, 11) is 2.00. The molecular formula is C14H15BrN4. The molecule has 2 rings (SSSR count). The average molecular weight is 319 g/mol. The van der Waals surface area contributed by atoms with Gasteiger partial charge in [-0.2, -0.15) is 0 Å². The molecule has 0 saturated heterocycles. The van der Waals surface area contributed by atoms with E-state index in [1.165, 1.54) is 0 Å². The van der Waals surface area contributed by atoms with Gasteiger partial charge >= 0.3 is 0 Å². The first kappa shape index (κ1) is 13.5. The zero-order valence-corrected chi connectivity index (χ0v) is 12.2.